The van der Waals surface area contributed by atoms with E-state index in [4.69, 9.17) is 4.74 Å². The van der Waals surface area contributed by atoms with Crippen molar-refractivity contribution in [3.63, 3.8) is 0 Å². The van der Waals surface area contributed by atoms with Crippen molar-refractivity contribution in [1.29, 1.82) is 0 Å². The minimum atomic E-state index is -0.753. The molecule has 2 N–H and O–H groups in total. The van der Waals surface area contributed by atoms with E-state index in [0.29, 0.717) is 38.1 Å². The van der Waals surface area contributed by atoms with Gasteiger partial charge in [0.15, 0.2) is 0 Å². The fraction of sp³-hybridized carbons (Fsp3) is 0.524. The second-order valence-electron chi connectivity index (χ2n) is 7.71. The van der Waals surface area contributed by atoms with Gasteiger partial charge in [-0.3, -0.25) is 14.5 Å². The number of fused-ring (bicyclic) bond motifs is 1. The third-order valence-corrected chi connectivity index (χ3v) is 5.58. The zero-order chi connectivity index (χ0) is 19.4. The monoisotopic (exact) mass is 372 g/mol. The lowest BCUT2D eigenvalue weighted by Crippen LogP contribution is -2.48. The maximum absolute atomic E-state index is 12.5. The standard InChI is InChI=1S/C21H28N2O4/c1-15-5-6-18-16(11-15)12-17(19(24)22-18)13-23-9-3-7-21(14-23,20(25)26)8-4-10-27-2/h5-6,11-12H,3-4,7-10,13-14H2,1-2H3,(H,22,24)(H,25,26)/t21-/m0/s1. The van der Waals surface area contributed by atoms with Crippen molar-refractivity contribution >= 4 is 16.9 Å². The van der Waals surface area contributed by atoms with Gasteiger partial charge in [-0.1, -0.05) is 11.6 Å². The molecular weight excluding hydrogens is 344 g/mol. The van der Waals surface area contributed by atoms with Crippen LogP contribution in [-0.2, 0) is 16.1 Å². The van der Waals surface area contributed by atoms with Gasteiger partial charge in [0.2, 0.25) is 0 Å². The molecule has 0 spiro atoms. The van der Waals surface area contributed by atoms with E-state index < -0.39 is 11.4 Å². The van der Waals surface area contributed by atoms with E-state index in [9.17, 15) is 14.7 Å². The first-order valence-corrected chi connectivity index (χ1v) is 9.51. The molecule has 2 heterocycles. The zero-order valence-electron chi connectivity index (χ0n) is 16.1. The molecule has 1 aromatic carbocycles. The summed E-state index contributed by atoms with van der Waals surface area (Å²) < 4.78 is 5.09. The van der Waals surface area contributed by atoms with Crippen molar-refractivity contribution in [3.05, 3.63) is 45.7 Å². The van der Waals surface area contributed by atoms with Crippen molar-refractivity contribution in [2.45, 2.75) is 39.2 Å². The van der Waals surface area contributed by atoms with Crippen LogP contribution in [0, 0.1) is 12.3 Å². The topological polar surface area (TPSA) is 82.6 Å². The van der Waals surface area contributed by atoms with Gasteiger partial charge in [-0.15, -0.1) is 0 Å². The molecule has 0 unspecified atom stereocenters. The minimum absolute atomic E-state index is 0.0998. The van der Waals surface area contributed by atoms with Crippen molar-refractivity contribution < 1.29 is 14.6 Å². The van der Waals surface area contributed by atoms with E-state index in [1.165, 1.54) is 0 Å². The summed E-state index contributed by atoms with van der Waals surface area (Å²) >= 11 is 0. The molecule has 0 saturated carbocycles. The summed E-state index contributed by atoms with van der Waals surface area (Å²) in [5.74, 6) is -0.744. The Labute approximate surface area is 159 Å². The number of H-pyrrole nitrogens is 1. The highest BCUT2D eigenvalue weighted by molar-refractivity contribution is 5.79. The van der Waals surface area contributed by atoms with Gasteiger partial charge in [-0.25, -0.2) is 0 Å². The van der Waals surface area contributed by atoms with Gasteiger partial charge in [0.05, 0.1) is 5.41 Å². The van der Waals surface area contributed by atoms with Gasteiger partial charge >= 0.3 is 5.97 Å². The van der Waals surface area contributed by atoms with Crippen LogP contribution in [0.4, 0.5) is 0 Å². The van der Waals surface area contributed by atoms with E-state index in [2.05, 4.69) is 16.0 Å². The average molecular weight is 372 g/mol. The number of hydrogen-bond donors (Lipinski definition) is 2. The molecule has 0 radical (unpaired) electrons. The van der Waals surface area contributed by atoms with Crippen LogP contribution in [0.2, 0.25) is 0 Å². The van der Waals surface area contributed by atoms with Crippen LogP contribution in [0.3, 0.4) is 0 Å². The van der Waals surface area contributed by atoms with Gasteiger partial charge in [0.25, 0.3) is 5.56 Å². The molecule has 6 nitrogen and oxygen atoms in total. The second-order valence-corrected chi connectivity index (χ2v) is 7.71. The molecule has 146 valence electrons. The molecule has 1 saturated heterocycles. The van der Waals surface area contributed by atoms with Crippen LogP contribution >= 0.6 is 0 Å². The van der Waals surface area contributed by atoms with Crippen LogP contribution in [0.1, 0.15) is 36.8 Å². The lowest BCUT2D eigenvalue weighted by Gasteiger charge is -2.40. The molecule has 6 heteroatoms. The van der Waals surface area contributed by atoms with Gasteiger partial charge in [0.1, 0.15) is 0 Å². The largest absolute Gasteiger partial charge is 0.481 e. The number of rotatable bonds is 7. The molecule has 2 aromatic rings. The van der Waals surface area contributed by atoms with Crippen molar-refractivity contribution in [1.82, 2.24) is 9.88 Å². The number of pyridine rings is 1. The number of methoxy groups -OCH3 is 1. The fourth-order valence-electron chi connectivity index (χ4n) is 4.13. The van der Waals surface area contributed by atoms with E-state index in [1.807, 2.05) is 25.1 Å². The first-order chi connectivity index (χ1) is 12.9. The number of piperidine rings is 1. The number of aliphatic carboxylic acids is 1. The number of aromatic nitrogens is 1. The predicted octanol–water partition coefficient (Wildman–Crippen LogP) is 2.93. The number of aromatic amines is 1. The zero-order valence-corrected chi connectivity index (χ0v) is 16.1. The molecule has 1 atom stereocenters. The Morgan fingerprint density at radius 3 is 2.93 bits per heavy atom. The van der Waals surface area contributed by atoms with Crippen LogP contribution in [-0.4, -0.2) is 47.8 Å². The van der Waals surface area contributed by atoms with E-state index in [0.717, 1.165) is 35.9 Å². The summed E-state index contributed by atoms with van der Waals surface area (Å²) in [5.41, 5.74) is 1.80. The molecule has 1 aliphatic rings. The summed E-state index contributed by atoms with van der Waals surface area (Å²) in [7, 11) is 1.63. The smallest absolute Gasteiger partial charge is 0.310 e. The quantitative estimate of drug-likeness (QED) is 0.730. The maximum Gasteiger partial charge on any atom is 0.310 e. The SMILES string of the molecule is COCCC[C@@]1(C(=O)O)CCCN(Cc2cc3cc(C)ccc3[nH]c2=O)C1. The lowest BCUT2D eigenvalue weighted by atomic mass is 9.76. The maximum atomic E-state index is 12.5. The number of carbonyl (C=O) groups is 1. The Morgan fingerprint density at radius 2 is 2.19 bits per heavy atom. The molecule has 3 rings (SSSR count). The van der Waals surface area contributed by atoms with E-state index in [1.54, 1.807) is 7.11 Å². The number of ether oxygens (including phenoxy) is 1. The van der Waals surface area contributed by atoms with Crippen LogP contribution in [0.25, 0.3) is 10.9 Å². The fourth-order valence-corrected chi connectivity index (χ4v) is 4.13. The number of carboxylic acid groups (broad SMARTS) is 1. The molecule has 1 aromatic heterocycles. The molecule has 0 amide bonds. The Bertz CT molecular complexity index is 876. The number of nitrogens with one attached hydrogen (secondary N) is 1. The number of likely N-dealkylation sites (tertiary alicyclic amines) is 1. The number of aryl methyl sites for hydroxylation is 1. The van der Waals surface area contributed by atoms with Gasteiger partial charge in [0, 0.05) is 37.9 Å². The van der Waals surface area contributed by atoms with E-state index in [-0.39, 0.29) is 5.56 Å². The van der Waals surface area contributed by atoms with Gasteiger partial charge < -0.3 is 14.8 Å². The summed E-state index contributed by atoms with van der Waals surface area (Å²) in [5, 5.41) is 10.9. The minimum Gasteiger partial charge on any atom is -0.481 e. The van der Waals surface area contributed by atoms with Crippen molar-refractivity contribution in [3.8, 4) is 0 Å². The first kappa shape index (κ1) is 19.6. The highest BCUT2D eigenvalue weighted by Crippen LogP contribution is 2.35. The summed E-state index contributed by atoms with van der Waals surface area (Å²) in [4.78, 5) is 29.5. The Hall–Kier alpha value is -2.18. The lowest BCUT2D eigenvalue weighted by molar-refractivity contribution is -0.153. The second kappa shape index (κ2) is 8.23. The summed E-state index contributed by atoms with van der Waals surface area (Å²) in [6.07, 6.45) is 2.83. The number of hydrogen-bond acceptors (Lipinski definition) is 4. The molecule has 1 fully saturated rings. The molecule has 27 heavy (non-hydrogen) atoms. The van der Waals surface area contributed by atoms with E-state index >= 15 is 0 Å². The van der Waals surface area contributed by atoms with Crippen molar-refractivity contribution in [2.24, 2.45) is 5.41 Å². The van der Waals surface area contributed by atoms with Gasteiger partial charge in [-0.2, -0.15) is 0 Å². The number of benzene rings is 1. The third kappa shape index (κ3) is 4.39. The average Bonchev–Trinajstić information content (AvgIpc) is 2.63. The third-order valence-electron chi connectivity index (χ3n) is 5.58. The number of nitrogens with zero attached hydrogens (tertiary/aromatic N) is 1. The molecule has 0 bridgehead atoms. The highest BCUT2D eigenvalue weighted by Gasteiger charge is 2.41. The van der Waals surface area contributed by atoms with Crippen LogP contribution < -0.4 is 5.56 Å². The normalized spacial score (nSPS) is 20.8. The molecule has 0 aliphatic carbocycles. The Balaban J connectivity index is 1.80. The Morgan fingerprint density at radius 1 is 1.37 bits per heavy atom. The van der Waals surface area contributed by atoms with Crippen molar-refractivity contribution in [2.75, 3.05) is 26.8 Å². The first-order valence-electron chi connectivity index (χ1n) is 9.51. The van der Waals surface area contributed by atoms with Crippen LogP contribution in [0.5, 0.6) is 0 Å². The highest BCUT2D eigenvalue weighted by atomic mass is 16.5. The Kier molecular flexibility index (Phi) is 5.97. The predicted molar refractivity (Wildman–Crippen MR) is 105 cm³/mol. The number of carboxylic acids is 1. The van der Waals surface area contributed by atoms with Crippen LogP contribution in [0.15, 0.2) is 29.1 Å². The molecular formula is C21H28N2O4. The summed E-state index contributed by atoms with van der Waals surface area (Å²) in [6, 6.07) is 7.88. The molecule has 1 aliphatic heterocycles. The summed E-state index contributed by atoms with van der Waals surface area (Å²) in [6.45, 7) is 4.34. The van der Waals surface area contributed by atoms with Gasteiger partial charge in [-0.05, 0) is 62.7 Å².